The topological polar surface area (TPSA) is 20.3 Å². The van der Waals surface area contributed by atoms with E-state index in [0.717, 1.165) is 46.8 Å². The standard InChI is InChI=1S/C22H15F6NOS/c23-21(24,25)15-5-1-13(2-6-15)19-17-10-12-31-18(17)9-11-29(19)20(30)14-3-7-16(8-4-14)22(26,27)28/h1-8,10,12,19H,9,11H2/t19-/m1/s1. The van der Waals surface area contributed by atoms with E-state index in [4.69, 9.17) is 0 Å². The molecule has 9 heteroatoms. The molecule has 1 aliphatic heterocycles. The van der Waals surface area contributed by atoms with Gasteiger partial charge in [-0.3, -0.25) is 4.79 Å². The Labute approximate surface area is 177 Å². The molecule has 0 N–H and O–H groups in total. The first-order chi connectivity index (χ1) is 14.6. The molecule has 0 unspecified atom stereocenters. The molecular weight excluding hydrogens is 440 g/mol. The van der Waals surface area contributed by atoms with Gasteiger partial charge in [0.2, 0.25) is 0 Å². The van der Waals surface area contributed by atoms with Crippen molar-refractivity contribution in [1.29, 1.82) is 0 Å². The molecule has 0 radical (unpaired) electrons. The van der Waals surface area contributed by atoms with Crippen LogP contribution in [0.3, 0.4) is 0 Å². The molecule has 1 aliphatic rings. The maximum Gasteiger partial charge on any atom is 0.416 e. The molecule has 1 aromatic heterocycles. The molecule has 0 saturated carbocycles. The summed E-state index contributed by atoms with van der Waals surface area (Å²) in [6.45, 7) is 0.305. The quantitative estimate of drug-likeness (QED) is 0.400. The highest BCUT2D eigenvalue weighted by Crippen LogP contribution is 2.40. The molecule has 3 aromatic rings. The molecule has 2 heterocycles. The highest BCUT2D eigenvalue weighted by atomic mass is 32.1. The van der Waals surface area contributed by atoms with Crippen LogP contribution in [0.4, 0.5) is 26.3 Å². The lowest BCUT2D eigenvalue weighted by Crippen LogP contribution is -2.40. The van der Waals surface area contributed by atoms with Crippen LogP contribution < -0.4 is 0 Å². The first-order valence-corrected chi connectivity index (χ1v) is 10.2. The van der Waals surface area contributed by atoms with Gasteiger partial charge in [-0.05, 0) is 65.4 Å². The van der Waals surface area contributed by atoms with Gasteiger partial charge >= 0.3 is 12.4 Å². The van der Waals surface area contributed by atoms with Crippen molar-refractivity contribution in [2.75, 3.05) is 6.54 Å². The van der Waals surface area contributed by atoms with Crippen LogP contribution in [0.15, 0.2) is 60.0 Å². The second-order valence-electron chi connectivity index (χ2n) is 7.15. The number of carbonyl (C=O) groups excluding carboxylic acids is 1. The Kier molecular flexibility index (Phi) is 5.33. The van der Waals surface area contributed by atoms with E-state index in [-0.39, 0.29) is 5.56 Å². The van der Waals surface area contributed by atoms with Crippen LogP contribution in [-0.4, -0.2) is 17.4 Å². The Hall–Kier alpha value is -2.81. The largest absolute Gasteiger partial charge is 0.416 e. The fourth-order valence-electron chi connectivity index (χ4n) is 3.72. The molecule has 0 aliphatic carbocycles. The molecule has 31 heavy (non-hydrogen) atoms. The molecule has 0 spiro atoms. The van der Waals surface area contributed by atoms with Gasteiger partial charge in [-0.2, -0.15) is 26.3 Å². The highest BCUT2D eigenvalue weighted by Gasteiger charge is 2.36. The lowest BCUT2D eigenvalue weighted by molar-refractivity contribution is -0.138. The first kappa shape index (κ1) is 21.4. The summed E-state index contributed by atoms with van der Waals surface area (Å²) in [7, 11) is 0. The summed E-state index contributed by atoms with van der Waals surface area (Å²) in [5.41, 5.74) is -0.243. The Morgan fingerprint density at radius 3 is 1.94 bits per heavy atom. The van der Waals surface area contributed by atoms with E-state index in [9.17, 15) is 31.1 Å². The lowest BCUT2D eigenvalue weighted by Gasteiger charge is -2.36. The van der Waals surface area contributed by atoms with Crippen LogP contribution >= 0.6 is 11.3 Å². The number of alkyl halides is 6. The Morgan fingerprint density at radius 2 is 1.39 bits per heavy atom. The average Bonchev–Trinajstić information content (AvgIpc) is 3.20. The van der Waals surface area contributed by atoms with Crippen molar-refractivity contribution in [3.8, 4) is 0 Å². The summed E-state index contributed by atoms with van der Waals surface area (Å²) < 4.78 is 77.3. The molecule has 0 saturated heterocycles. The number of thiophene rings is 1. The summed E-state index contributed by atoms with van der Waals surface area (Å²) in [5, 5.41) is 1.86. The molecule has 162 valence electrons. The van der Waals surface area contributed by atoms with E-state index in [2.05, 4.69) is 0 Å². The first-order valence-electron chi connectivity index (χ1n) is 9.27. The number of benzene rings is 2. The molecule has 0 fully saturated rings. The lowest BCUT2D eigenvalue weighted by atomic mass is 9.92. The van der Waals surface area contributed by atoms with E-state index in [1.807, 2.05) is 11.4 Å². The van der Waals surface area contributed by atoms with Crippen LogP contribution in [0.25, 0.3) is 0 Å². The Morgan fingerprint density at radius 1 is 0.839 bits per heavy atom. The van der Waals surface area contributed by atoms with Gasteiger partial charge < -0.3 is 4.90 Å². The SMILES string of the molecule is O=C(c1ccc(C(F)(F)F)cc1)N1CCc2sccc2[C@H]1c1ccc(C(F)(F)F)cc1. The van der Waals surface area contributed by atoms with E-state index in [1.165, 1.54) is 28.4 Å². The zero-order chi connectivity index (χ0) is 22.4. The Balaban J connectivity index is 1.70. The summed E-state index contributed by atoms with van der Waals surface area (Å²) in [6, 6.07) is 9.77. The number of halogens is 6. The zero-order valence-corrected chi connectivity index (χ0v) is 16.6. The number of hydrogen-bond acceptors (Lipinski definition) is 2. The number of hydrogen-bond donors (Lipinski definition) is 0. The second-order valence-corrected chi connectivity index (χ2v) is 8.15. The van der Waals surface area contributed by atoms with Gasteiger partial charge in [-0.1, -0.05) is 12.1 Å². The predicted octanol–water partition coefficient (Wildman–Crippen LogP) is 6.57. The van der Waals surface area contributed by atoms with E-state index in [0.29, 0.717) is 18.5 Å². The van der Waals surface area contributed by atoms with Crippen molar-refractivity contribution < 1.29 is 31.1 Å². The second kappa shape index (κ2) is 7.71. The number of fused-ring (bicyclic) bond motifs is 1. The zero-order valence-electron chi connectivity index (χ0n) is 15.8. The maximum absolute atomic E-state index is 13.2. The maximum atomic E-state index is 13.2. The normalized spacial score (nSPS) is 16.8. The molecule has 2 aromatic carbocycles. The van der Waals surface area contributed by atoms with Crippen LogP contribution in [-0.2, 0) is 18.8 Å². The van der Waals surface area contributed by atoms with Crippen molar-refractivity contribution in [3.63, 3.8) is 0 Å². The van der Waals surface area contributed by atoms with Gasteiger partial charge in [0.25, 0.3) is 5.91 Å². The van der Waals surface area contributed by atoms with Crippen molar-refractivity contribution in [1.82, 2.24) is 4.90 Å². The molecule has 0 bridgehead atoms. The van der Waals surface area contributed by atoms with Crippen LogP contribution in [0.5, 0.6) is 0 Å². The summed E-state index contributed by atoms with van der Waals surface area (Å²) in [6.07, 6.45) is -8.42. The molecule has 1 atom stereocenters. The van der Waals surface area contributed by atoms with Crippen molar-refractivity contribution in [2.24, 2.45) is 0 Å². The van der Waals surface area contributed by atoms with Gasteiger partial charge in [0.15, 0.2) is 0 Å². The van der Waals surface area contributed by atoms with Crippen molar-refractivity contribution >= 4 is 17.2 Å². The minimum absolute atomic E-state index is 0.0867. The summed E-state index contributed by atoms with van der Waals surface area (Å²) >= 11 is 1.50. The number of carbonyl (C=O) groups is 1. The minimum atomic E-state index is -4.51. The third-order valence-corrected chi connectivity index (χ3v) is 6.24. The molecule has 1 amide bonds. The monoisotopic (exact) mass is 455 g/mol. The smallest absolute Gasteiger partial charge is 0.327 e. The van der Waals surface area contributed by atoms with Gasteiger partial charge in [0.1, 0.15) is 0 Å². The third kappa shape index (κ3) is 4.19. The van der Waals surface area contributed by atoms with Crippen molar-refractivity contribution in [2.45, 2.75) is 24.8 Å². The van der Waals surface area contributed by atoms with E-state index in [1.54, 1.807) is 0 Å². The minimum Gasteiger partial charge on any atom is -0.327 e. The molecule has 2 nitrogen and oxygen atoms in total. The van der Waals surface area contributed by atoms with Gasteiger partial charge in [-0.15, -0.1) is 11.3 Å². The predicted molar refractivity (Wildman–Crippen MR) is 104 cm³/mol. The number of nitrogens with zero attached hydrogens (tertiary/aromatic N) is 1. The number of rotatable bonds is 2. The highest BCUT2D eigenvalue weighted by molar-refractivity contribution is 7.10. The third-order valence-electron chi connectivity index (χ3n) is 5.24. The molecular formula is C22H15F6NOS. The van der Waals surface area contributed by atoms with E-state index < -0.39 is 35.4 Å². The van der Waals surface area contributed by atoms with Crippen LogP contribution in [0.1, 0.15) is 43.5 Å². The summed E-state index contributed by atoms with van der Waals surface area (Å²) in [4.78, 5) is 15.7. The van der Waals surface area contributed by atoms with Gasteiger partial charge in [-0.25, -0.2) is 0 Å². The van der Waals surface area contributed by atoms with Crippen molar-refractivity contribution in [3.05, 3.63) is 92.7 Å². The van der Waals surface area contributed by atoms with Gasteiger partial charge in [0, 0.05) is 17.0 Å². The summed E-state index contributed by atoms with van der Waals surface area (Å²) in [5.74, 6) is -0.476. The van der Waals surface area contributed by atoms with E-state index >= 15 is 0 Å². The molecule has 4 rings (SSSR count). The van der Waals surface area contributed by atoms with Gasteiger partial charge in [0.05, 0.1) is 17.2 Å². The van der Waals surface area contributed by atoms with Crippen LogP contribution in [0.2, 0.25) is 0 Å². The fourth-order valence-corrected chi connectivity index (χ4v) is 4.62. The average molecular weight is 455 g/mol. The number of amides is 1. The fraction of sp³-hybridized carbons (Fsp3) is 0.227. The van der Waals surface area contributed by atoms with Crippen LogP contribution in [0, 0.1) is 0 Å². The Bertz CT molecular complexity index is 1080.